The second-order valence-corrected chi connectivity index (χ2v) is 7.90. The molecule has 0 amide bonds. The van der Waals surface area contributed by atoms with Crippen LogP contribution in [-0.2, 0) is 0 Å². The number of unbranched alkanes of at least 4 members (excludes halogenated alkanes) is 8. The molecule has 2 nitrogen and oxygen atoms in total. The summed E-state index contributed by atoms with van der Waals surface area (Å²) < 4.78 is 6.92. The quantitative estimate of drug-likeness (QED) is 0.232. The van der Waals surface area contributed by atoms with E-state index in [0.29, 0.717) is 0 Å². The minimum Gasteiger partial charge on any atom is -0.494 e. The van der Waals surface area contributed by atoms with E-state index in [0.717, 1.165) is 34.5 Å². The number of hydrogen-bond donors (Lipinski definition) is 0. The lowest BCUT2D eigenvalue weighted by molar-refractivity contribution is 0.304. The SMILES string of the molecule is CCCCCCCCCCCOc1ccc(N=Cc2ccc(Br)cc2)cc1. The summed E-state index contributed by atoms with van der Waals surface area (Å²) >= 11 is 3.44. The second kappa shape index (κ2) is 13.5. The first-order chi connectivity index (χ1) is 13.3. The van der Waals surface area contributed by atoms with Crippen molar-refractivity contribution in [3.05, 3.63) is 58.6 Å². The smallest absolute Gasteiger partial charge is 0.119 e. The van der Waals surface area contributed by atoms with Crippen LogP contribution in [0.3, 0.4) is 0 Å². The van der Waals surface area contributed by atoms with E-state index >= 15 is 0 Å². The Morgan fingerprint density at radius 3 is 2.00 bits per heavy atom. The van der Waals surface area contributed by atoms with Crippen LogP contribution in [0.5, 0.6) is 5.75 Å². The third-order valence-corrected chi connectivity index (χ3v) is 5.11. The summed E-state index contributed by atoms with van der Waals surface area (Å²) in [5.74, 6) is 0.928. The van der Waals surface area contributed by atoms with Crippen molar-refractivity contribution >= 4 is 27.8 Å². The molecule has 0 heterocycles. The Morgan fingerprint density at radius 2 is 1.37 bits per heavy atom. The molecule has 0 aliphatic heterocycles. The average Bonchev–Trinajstić information content (AvgIpc) is 2.70. The van der Waals surface area contributed by atoms with E-state index in [1.54, 1.807) is 0 Å². The summed E-state index contributed by atoms with van der Waals surface area (Å²) in [6.45, 7) is 3.07. The van der Waals surface area contributed by atoms with E-state index in [1.807, 2.05) is 54.7 Å². The Labute approximate surface area is 173 Å². The van der Waals surface area contributed by atoms with Gasteiger partial charge in [0.1, 0.15) is 5.75 Å². The molecular weight excluding hydrogens is 398 g/mol. The molecule has 0 fully saturated rings. The van der Waals surface area contributed by atoms with Gasteiger partial charge in [-0.15, -0.1) is 0 Å². The van der Waals surface area contributed by atoms with Crippen molar-refractivity contribution in [3.63, 3.8) is 0 Å². The van der Waals surface area contributed by atoms with Crippen molar-refractivity contribution < 1.29 is 4.74 Å². The molecule has 0 unspecified atom stereocenters. The molecule has 2 rings (SSSR count). The van der Waals surface area contributed by atoms with Crippen LogP contribution >= 0.6 is 15.9 Å². The lowest BCUT2D eigenvalue weighted by Crippen LogP contribution is -1.97. The van der Waals surface area contributed by atoms with Crippen molar-refractivity contribution in [2.24, 2.45) is 4.99 Å². The molecule has 27 heavy (non-hydrogen) atoms. The highest BCUT2D eigenvalue weighted by atomic mass is 79.9. The molecule has 3 heteroatoms. The van der Waals surface area contributed by atoms with E-state index in [2.05, 4.69) is 27.8 Å². The normalized spacial score (nSPS) is 11.2. The van der Waals surface area contributed by atoms with Gasteiger partial charge in [-0.1, -0.05) is 86.4 Å². The summed E-state index contributed by atoms with van der Waals surface area (Å²) in [5.41, 5.74) is 2.03. The van der Waals surface area contributed by atoms with Gasteiger partial charge in [0.05, 0.1) is 12.3 Å². The fourth-order valence-electron chi connectivity index (χ4n) is 2.93. The largest absolute Gasteiger partial charge is 0.494 e. The molecular formula is C24H32BrNO. The standard InChI is InChI=1S/C24H32BrNO/c1-2-3-4-5-6-7-8-9-10-19-27-24-17-15-23(16-18-24)26-20-21-11-13-22(25)14-12-21/h11-18,20H,2-10,19H2,1H3. The Hall–Kier alpha value is -1.61. The van der Waals surface area contributed by atoms with Gasteiger partial charge in [0.25, 0.3) is 0 Å². The van der Waals surface area contributed by atoms with Crippen molar-refractivity contribution in [3.8, 4) is 5.75 Å². The molecule has 0 spiro atoms. The molecule has 0 aliphatic rings. The number of ether oxygens (including phenoxy) is 1. The van der Waals surface area contributed by atoms with Crippen LogP contribution in [0.4, 0.5) is 5.69 Å². The van der Waals surface area contributed by atoms with Gasteiger partial charge in [-0.05, 0) is 48.4 Å². The summed E-state index contributed by atoms with van der Waals surface area (Å²) in [4.78, 5) is 4.51. The molecule has 0 radical (unpaired) electrons. The van der Waals surface area contributed by atoms with E-state index in [1.165, 1.54) is 51.4 Å². The number of hydrogen-bond acceptors (Lipinski definition) is 2. The minimum atomic E-state index is 0.803. The van der Waals surface area contributed by atoms with Crippen molar-refractivity contribution in [1.29, 1.82) is 0 Å². The zero-order valence-corrected chi connectivity index (χ0v) is 18.1. The molecule has 0 bridgehead atoms. The van der Waals surface area contributed by atoms with Gasteiger partial charge >= 0.3 is 0 Å². The molecule has 2 aromatic carbocycles. The van der Waals surface area contributed by atoms with E-state index in [4.69, 9.17) is 4.74 Å². The Bertz CT molecular complexity index is 649. The molecule has 0 atom stereocenters. The van der Waals surface area contributed by atoms with Crippen LogP contribution in [0.25, 0.3) is 0 Å². The first kappa shape index (κ1) is 21.7. The third-order valence-electron chi connectivity index (χ3n) is 4.59. The summed E-state index contributed by atoms with van der Waals surface area (Å²) in [6.07, 6.45) is 13.9. The van der Waals surface area contributed by atoms with Gasteiger partial charge < -0.3 is 4.74 Å². The van der Waals surface area contributed by atoms with Crippen LogP contribution in [-0.4, -0.2) is 12.8 Å². The maximum absolute atomic E-state index is 5.84. The summed E-state index contributed by atoms with van der Waals surface area (Å²) in [6, 6.07) is 16.1. The number of nitrogens with zero attached hydrogens (tertiary/aromatic N) is 1. The monoisotopic (exact) mass is 429 g/mol. The lowest BCUT2D eigenvalue weighted by atomic mass is 10.1. The Kier molecular flexibility index (Phi) is 10.9. The zero-order chi connectivity index (χ0) is 19.2. The first-order valence-corrected chi connectivity index (χ1v) is 11.1. The van der Waals surface area contributed by atoms with Crippen LogP contribution in [0.15, 0.2) is 58.0 Å². The van der Waals surface area contributed by atoms with E-state index in [-0.39, 0.29) is 0 Å². The first-order valence-electron chi connectivity index (χ1n) is 10.3. The highest BCUT2D eigenvalue weighted by Gasteiger charge is 1.96. The average molecular weight is 430 g/mol. The Balaban J connectivity index is 1.58. The van der Waals surface area contributed by atoms with Gasteiger partial charge in [-0.25, -0.2) is 0 Å². The summed E-state index contributed by atoms with van der Waals surface area (Å²) in [5, 5.41) is 0. The predicted molar refractivity (Wildman–Crippen MR) is 121 cm³/mol. The van der Waals surface area contributed by atoms with Crippen LogP contribution in [0, 0.1) is 0 Å². The molecule has 0 saturated heterocycles. The highest BCUT2D eigenvalue weighted by Crippen LogP contribution is 2.19. The molecule has 146 valence electrons. The zero-order valence-electron chi connectivity index (χ0n) is 16.5. The fourth-order valence-corrected chi connectivity index (χ4v) is 3.19. The Morgan fingerprint density at radius 1 is 0.778 bits per heavy atom. The van der Waals surface area contributed by atoms with Gasteiger partial charge in [0.2, 0.25) is 0 Å². The van der Waals surface area contributed by atoms with Crippen molar-refractivity contribution in [1.82, 2.24) is 0 Å². The summed E-state index contributed by atoms with van der Waals surface area (Å²) in [7, 11) is 0. The second-order valence-electron chi connectivity index (χ2n) is 6.98. The lowest BCUT2D eigenvalue weighted by Gasteiger charge is -2.06. The fraction of sp³-hybridized carbons (Fsp3) is 0.458. The van der Waals surface area contributed by atoms with Crippen LogP contribution in [0.1, 0.15) is 70.3 Å². The third kappa shape index (κ3) is 9.76. The van der Waals surface area contributed by atoms with E-state index in [9.17, 15) is 0 Å². The van der Waals surface area contributed by atoms with Crippen LogP contribution < -0.4 is 4.74 Å². The van der Waals surface area contributed by atoms with Gasteiger partial charge in [-0.3, -0.25) is 4.99 Å². The van der Waals surface area contributed by atoms with Crippen molar-refractivity contribution in [2.45, 2.75) is 64.7 Å². The van der Waals surface area contributed by atoms with Gasteiger partial charge in [-0.2, -0.15) is 0 Å². The van der Waals surface area contributed by atoms with Crippen LogP contribution in [0.2, 0.25) is 0 Å². The molecule has 2 aromatic rings. The highest BCUT2D eigenvalue weighted by molar-refractivity contribution is 9.10. The minimum absolute atomic E-state index is 0.803. The number of rotatable bonds is 13. The molecule has 0 N–H and O–H groups in total. The maximum atomic E-state index is 5.84. The van der Waals surface area contributed by atoms with Gasteiger partial charge in [0, 0.05) is 10.7 Å². The molecule has 0 aliphatic carbocycles. The van der Waals surface area contributed by atoms with Gasteiger partial charge in [0.15, 0.2) is 0 Å². The number of benzene rings is 2. The topological polar surface area (TPSA) is 21.6 Å². The van der Waals surface area contributed by atoms with Crippen molar-refractivity contribution in [2.75, 3.05) is 6.61 Å². The number of aliphatic imine (C=N–C) groups is 1. The molecule has 0 aromatic heterocycles. The molecule has 0 saturated carbocycles. The maximum Gasteiger partial charge on any atom is 0.119 e. The number of halogens is 1. The predicted octanol–water partition coefficient (Wildman–Crippen LogP) is 8.11. The van der Waals surface area contributed by atoms with E-state index < -0.39 is 0 Å².